The molecule has 0 aromatic heterocycles. The second kappa shape index (κ2) is 5.75. The fourth-order valence-corrected chi connectivity index (χ4v) is 1.68. The summed E-state index contributed by atoms with van der Waals surface area (Å²) in [4.78, 5) is 0. The Morgan fingerprint density at radius 3 is 2.56 bits per heavy atom. The molecule has 3 heteroatoms. The number of aliphatic hydroxyl groups excluding tert-OH is 1. The standard InChI is InChI=1S/C13H21NO2/c1-9(2)7-8-11(15)10-5-4-6-12(16-3)13(10)14/h4-6,9,11,15H,7-8,14H2,1-3H3. The van der Waals surface area contributed by atoms with E-state index in [0.717, 1.165) is 18.4 Å². The zero-order valence-corrected chi connectivity index (χ0v) is 10.2. The lowest BCUT2D eigenvalue weighted by Gasteiger charge is -2.16. The maximum absolute atomic E-state index is 10.0. The summed E-state index contributed by atoms with van der Waals surface area (Å²) in [6.45, 7) is 4.28. The molecule has 0 fully saturated rings. The van der Waals surface area contributed by atoms with Crippen LogP contribution in [0.1, 0.15) is 38.4 Å². The van der Waals surface area contributed by atoms with Gasteiger partial charge in [0.2, 0.25) is 0 Å². The number of methoxy groups -OCH3 is 1. The Hall–Kier alpha value is -1.22. The van der Waals surface area contributed by atoms with Crippen molar-refractivity contribution >= 4 is 5.69 Å². The highest BCUT2D eigenvalue weighted by atomic mass is 16.5. The van der Waals surface area contributed by atoms with Gasteiger partial charge < -0.3 is 15.6 Å². The molecule has 1 rings (SSSR count). The smallest absolute Gasteiger partial charge is 0.142 e. The molecule has 0 saturated carbocycles. The van der Waals surface area contributed by atoms with Crippen molar-refractivity contribution in [3.63, 3.8) is 0 Å². The van der Waals surface area contributed by atoms with E-state index in [0.29, 0.717) is 17.4 Å². The van der Waals surface area contributed by atoms with Gasteiger partial charge in [0.25, 0.3) is 0 Å². The number of rotatable bonds is 5. The van der Waals surface area contributed by atoms with Crippen molar-refractivity contribution < 1.29 is 9.84 Å². The van der Waals surface area contributed by atoms with Crippen molar-refractivity contribution in [3.8, 4) is 5.75 Å². The van der Waals surface area contributed by atoms with Gasteiger partial charge in [0, 0.05) is 5.56 Å². The van der Waals surface area contributed by atoms with Gasteiger partial charge in [-0.1, -0.05) is 26.0 Å². The minimum atomic E-state index is -0.502. The molecule has 90 valence electrons. The van der Waals surface area contributed by atoms with E-state index < -0.39 is 6.10 Å². The Labute approximate surface area is 97.2 Å². The van der Waals surface area contributed by atoms with Crippen LogP contribution in [0, 0.1) is 5.92 Å². The SMILES string of the molecule is COc1cccc(C(O)CCC(C)C)c1N. The zero-order chi connectivity index (χ0) is 12.1. The van der Waals surface area contributed by atoms with Crippen LogP contribution in [-0.4, -0.2) is 12.2 Å². The number of hydrogen-bond donors (Lipinski definition) is 2. The third kappa shape index (κ3) is 3.14. The molecule has 0 aliphatic rings. The summed E-state index contributed by atoms with van der Waals surface area (Å²) in [6, 6.07) is 5.50. The molecule has 0 heterocycles. The fourth-order valence-electron chi connectivity index (χ4n) is 1.68. The molecule has 1 atom stereocenters. The van der Waals surface area contributed by atoms with Gasteiger partial charge in [0.05, 0.1) is 18.9 Å². The van der Waals surface area contributed by atoms with Crippen molar-refractivity contribution in [1.29, 1.82) is 0 Å². The molecular weight excluding hydrogens is 202 g/mol. The molecule has 0 bridgehead atoms. The molecule has 3 nitrogen and oxygen atoms in total. The molecule has 16 heavy (non-hydrogen) atoms. The molecule has 0 aliphatic carbocycles. The maximum atomic E-state index is 10.0. The molecular formula is C13H21NO2. The minimum Gasteiger partial charge on any atom is -0.495 e. The van der Waals surface area contributed by atoms with E-state index in [2.05, 4.69) is 13.8 Å². The van der Waals surface area contributed by atoms with Gasteiger partial charge >= 0.3 is 0 Å². The number of ether oxygens (including phenoxy) is 1. The lowest BCUT2D eigenvalue weighted by Crippen LogP contribution is -2.05. The molecule has 0 radical (unpaired) electrons. The van der Waals surface area contributed by atoms with Crippen LogP contribution >= 0.6 is 0 Å². The van der Waals surface area contributed by atoms with Crippen LogP contribution < -0.4 is 10.5 Å². The largest absolute Gasteiger partial charge is 0.495 e. The van der Waals surface area contributed by atoms with Gasteiger partial charge in [-0.2, -0.15) is 0 Å². The second-order valence-electron chi connectivity index (χ2n) is 4.45. The van der Waals surface area contributed by atoms with Crippen LogP contribution in [-0.2, 0) is 0 Å². The average molecular weight is 223 g/mol. The molecule has 1 aromatic carbocycles. The molecule has 1 unspecified atom stereocenters. The van der Waals surface area contributed by atoms with Crippen LogP contribution in [0.4, 0.5) is 5.69 Å². The minimum absolute atomic E-state index is 0.502. The quantitative estimate of drug-likeness (QED) is 0.755. The molecule has 0 amide bonds. The normalized spacial score (nSPS) is 12.8. The van der Waals surface area contributed by atoms with E-state index >= 15 is 0 Å². The Morgan fingerprint density at radius 1 is 1.31 bits per heavy atom. The summed E-state index contributed by atoms with van der Waals surface area (Å²) >= 11 is 0. The monoisotopic (exact) mass is 223 g/mol. The number of aliphatic hydroxyl groups is 1. The first kappa shape index (κ1) is 12.8. The molecule has 0 aliphatic heterocycles. The lowest BCUT2D eigenvalue weighted by molar-refractivity contribution is 0.159. The average Bonchev–Trinajstić information content (AvgIpc) is 2.26. The van der Waals surface area contributed by atoms with E-state index in [9.17, 15) is 5.11 Å². The van der Waals surface area contributed by atoms with E-state index in [1.807, 2.05) is 12.1 Å². The number of nitrogen functional groups attached to an aromatic ring is 1. The van der Waals surface area contributed by atoms with Crippen molar-refractivity contribution in [3.05, 3.63) is 23.8 Å². The van der Waals surface area contributed by atoms with Gasteiger partial charge in [0.1, 0.15) is 5.75 Å². The number of para-hydroxylation sites is 1. The van der Waals surface area contributed by atoms with Gasteiger partial charge in [0.15, 0.2) is 0 Å². The van der Waals surface area contributed by atoms with Crippen LogP contribution in [0.2, 0.25) is 0 Å². The molecule has 0 spiro atoms. The third-order valence-corrected chi connectivity index (χ3v) is 2.70. The van der Waals surface area contributed by atoms with Crippen molar-refractivity contribution in [1.82, 2.24) is 0 Å². The Morgan fingerprint density at radius 2 is 2.00 bits per heavy atom. The van der Waals surface area contributed by atoms with Crippen LogP contribution in [0.25, 0.3) is 0 Å². The van der Waals surface area contributed by atoms with Crippen LogP contribution in [0.5, 0.6) is 5.75 Å². The van der Waals surface area contributed by atoms with Crippen molar-refractivity contribution in [2.75, 3.05) is 12.8 Å². The Bertz CT molecular complexity index is 337. The summed E-state index contributed by atoms with van der Waals surface area (Å²) in [5.41, 5.74) is 7.22. The number of nitrogens with two attached hydrogens (primary N) is 1. The van der Waals surface area contributed by atoms with E-state index in [-0.39, 0.29) is 0 Å². The highest BCUT2D eigenvalue weighted by molar-refractivity contribution is 5.59. The summed E-state index contributed by atoms with van der Waals surface area (Å²) in [5.74, 6) is 1.21. The van der Waals surface area contributed by atoms with E-state index in [1.165, 1.54) is 0 Å². The predicted octanol–water partition coefficient (Wildman–Crippen LogP) is 2.75. The van der Waals surface area contributed by atoms with Crippen LogP contribution in [0.15, 0.2) is 18.2 Å². The zero-order valence-electron chi connectivity index (χ0n) is 10.2. The second-order valence-corrected chi connectivity index (χ2v) is 4.45. The van der Waals surface area contributed by atoms with E-state index in [1.54, 1.807) is 13.2 Å². The van der Waals surface area contributed by atoms with E-state index in [4.69, 9.17) is 10.5 Å². The molecule has 3 N–H and O–H groups in total. The molecule has 1 aromatic rings. The Balaban J connectivity index is 2.78. The van der Waals surface area contributed by atoms with Crippen LogP contribution in [0.3, 0.4) is 0 Å². The number of benzene rings is 1. The third-order valence-electron chi connectivity index (χ3n) is 2.70. The summed E-state index contributed by atoms with van der Waals surface area (Å²) < 4.78 is 5.13. The number of hydrogen-bond acceptors (Lipinski definition) is 3. The Kier molecular flexibility index (Phi) is 4.62. The topological polar surface area (TPSA) is 55.5 Å². The first-order valence-corrected chi connectivity index (χ1v) is 5.66. The summed E-state index contributed by atoms with van der Waals surface area (Å²) in [5, 5.41) is 10.0. The summed E-state index contributed by atoms with van der Waals surface area (Å²) in [7, 11) is 1.58. The van der Waals surface area contributed by atoms with Gasteiger partial charge in [-0.05, 0) is 24.8 Å². The maximum Gasteiger partial charge on any atom is 0.142 e. The highest BCUT2D eigenvalue weighted by Gasteiger charge is 2.14. The first-order valence-electron chi connectivity index (χ1n) is 5.66. The predicted molar refractivity (Wildman–Crippen MR) is 66.4 cm³/mol. The van der Waals surface area contributed by atoms with Crippen molar-refractivity contribution in [2.45, 2.75) is 32.8 Å². The number of anilines is 1. The first-order chi connectivity index (χ1) is 7.56. The molecule has 0 saturated heterocycles. The highest BCUT2D eigenvalue weighted by Crippen LogP contribution is 2.31. The van der Waals surface area contributed by atoms with Gasteiger partial charge in [-0.15, -0.1) is 0 Å². The van der Waals surface area contributed by atoms with Gasteiger partial charge in [-0.25, -0.2) is 0 Å². The fraction of sp³-hybridized carbons (Fsp3) is 0.538. The lowest BCUT2D eigenvalue weighted by atomic mass is 9.98. The summed E-state index contributed by atoms with van der Waals surface area (Å²) in [6.07, 6.45) is 1.21. The van der Waals surface area contributed by atoms with Crippen molar-refractivity contribution in [2.24, 2.45) is 5.92 Å². The van der Waals surface area contributed by atoms with Gasteiger partial charge in [-0.3, -0.25) is 0 Å².